The van der Waals surface area contributed by atoms with Crippen molar-refractivity contribution in [1.82, 2.24) is 4.90 Å². The zero-order chi connectivity index (χ0) is 14.3. The van der Waals surface area contributed by atoms with Crippen molar-refractivity contribution in [2.75, 3.05) is 13.1 Å². The van der Waals surface area contributed by atoms with E-state index in [2.05, 4.69) is 0 Å². The number of hydrogen-bond donors (Lipinski definition) is 0. The number of amides is 1. The number of rotatable bonds is 1. The molecule has 2 atom stereocenters. The largest absolute Gasteiger partial charge is 0.372 e. The lowest BCUT2D eigenvalue weighted by Crippen LogP contribution is -2.48. The topological polar surface area (TPSA) is 29.5 Å². The first-order valence-electron chi connectivity index (χ1n) is 6.67. The Bertz CT molecular complexity index is 644. The van der Waals surface area contributed by atoms with Crippen LogP contribution in [-0.4, -0.2) is 36.1 Å². The highest BCUT2D eigenvalue weighted by Crippen LogP contribution is 2.29. The van der Waals surface area contributed by atoms with E-state index in [9.17, 15) is 9.18 Å². The van der Waals surface area contributed by atoms with Crippen LogP contribution in [0.5, 0.6) is 0 Å². The molecule has 0 radical (unpaired) electrons. The maximum atomic E-state index is 13.7. The summed E-state index contributed by atoms with van der Waals surface area (Å²) in [6, 6.07) is 6.58. The number of hydrogen-bond acceptors (Lipinski definition) is 3. The van der Waals surface area contributed by atoms with Gasteiger partial charge in [-0.25, -0.2) is 4.39 Å². The Hall–Kier alpha value is -1.46. The van der Waals surface area contributed by atoms with Crippen LogP contribution in [0.15, 0.2) is 24.3 Å². The fourth-order valence-corrected chi connectivity index (χ4v) is 3.67. The predicted octanol–water partition coefficient (Wildman–Crippen LogP) is 3.29. The number of thiophene rings is 1. The molecular formula is C15H16FNO2S. The first-order valence-corrected chi connectivity index (χ1v) is 7.49. The molecule has 0 saturated carbocycles. The third-order valence-electron chi connectivity index (χ3n) is 3.43. The average molecular weight is 293 g/mol. The van der Waals surface area contributed by atoms with Crippen molar-refractivity contribution in [3.8, 4) is 0 Å². The number of carbonyl (C=O) groups excluding carboxylic acids is 1. The number of carbonyl (C=O) groups is 1. The molecule has 0 spiro atoms. The van der Waals surface area contributed by atoms with Gasteiger partial charge >= 0.3 is 0 Å². The molecule has 0 aliphatic carbocycles. The first-order chi connectivity index (χ1) is 9.54. The van der Waals surface area contributed by atoms with Crippen LogP contribution in [0, 0.1) is 5.82 Å². The highest BCUT2D eigenvalue weighted by molar-refractivity contribution is 7.20. The molecule has 1 amide bonds. The number of benzene rings is 1. The van der Waals surface area contributed by atoms with Crippen molar-refractivity contribution < 1.29 is 13.9 Å². The van der Waals surface area contributed by atoms with E-state index in [1.807, 2.05) is 19.9 Å². The number of halogens is 1. The van der Waals surface area contributed by atoms with Crippen molar-refractivity contribution in [3.63, 3.8) is 0 Å². The summed E-state index contributed by atoms with van der Waals surface area (Å²) in [5.74, 6) is -0.311. The second kappa shape index (κ2) is 5.14. The summed E-state index contributed by atoms with van der Waals surface area (Å²) in [5.41, 5.74) is 0. The third-order valence-corrected chi connectivity index (χ3v) is 4.51. The van der Waals surface area contributed by atoms with E-state index in [4.69, 9.17) is 4.74 Å². The average Bonchev–Trinajstić information content (AvgIpc) is 2.82. The van der Waals surface area contributed by atoms with Gasteiger partial charge in [-0.1, -0.05) is 6.07 Å². The van der Waals surface area contributed by atoms with Gasteiger partial charge in [0, 0.05) is 23.2 Å². The third kappa shape index (κ3) is 2.43. The van der Waals surface area contributed by atoms with Gasteiger partial charge in [-0.15, -0.1) is 11.3 Å². The van der Waals surface area contributed by atoms with Gasteiger partial charge in [-0.2, -0.15) is 0 Å². The minimum atomic E-state index is -0.276. The molecule has 1 aliphatic heterocycles. The molecule has 5 heteroatoms. The van der Waals surface area contributed by atoms with Crippen LogP contribution in [0.1, 0.15) is 23.5 Å². The van der Waals surface area contributed by atoms with Gasteiger partial charge in [-0.05, 0) is 32.0 Å². The second-order valence-electron chi connectivity index (χ2n) is 5.23. The van der Waals surface area contributed by atoms with Gasteiger partial charge in [0.05, 0.1) is 17.1 Å². The molecule has 1 aromatic carbocycles. The standard InChI is InChI=1S/C15H16FNO2S/c1-9-7-17(8-10(2)19-9)15(18)14-6-11-12(16)4-3-5-13(11)20-14/h3-6,9-10H,7-8H2,1-2H3/t9-,10-/m1/s1. The van der Waals surface area contributed by atoms with Crippen LogP contribution < -0.4 is 0 Å². The van der Waals surface area contributed by atoms with Gasteiger partial charge in [0.15, 0.2) is 0 Å². The van der Waals surface area contributed by atoms with Crippen LogP contribution in [0.4, 0.5) is 4.39 Å². The normalized spacial score (nSPS) is 23.2. The number of fused-ring (bicyclic) bond motifs is 1. The van der Waals surface area contributed by atoms with Gasteiger partial charge in [0.1, 0.15) is 5.82 Å². The molecule has 1 saturated heterocycles. The monoisotopic (exact) mass is 293 g/mol. The van der Waals surface area contributed by atoms with E-state index < -0.39 is 0 Å². The van der Waals surface area contributed by atoms with Crippen molar-refractivity contribution in [2.24, 2.45) is 0 Å². The molecule has 3 nitrogen and oxygen atoms in total. The highest BCUT2D eigenvalue weighted by atomic mass is 32.1. The van der Waals surface area contributed by atoms with E-state index in [1.165, 1.54) is 17.4 Å². The minimum Gasteiger partial charge on any atom is -0.372 e. The molecule has 2 aromatic rings. The van der Waals surface area contributed by atoms with E-state index in [0.717, 1.165) is 4.70 Å². The summed E-state index contributed by atoms with van der Waals surface area (Å²) in [7, 11) is 0. The Labute approximate surface area is 121 Å². The summed E-state index contributed by atoms with van der Waals surface area (Å²) in [5, 5.41) is 0.523. The Morgan fingerprint density at radius 3 is 2.70 bits per heavy atom. The summed E-state index contributed by atoms with van der Waals surface area (Å²) >= 11 is 1.34. The van der Waals surface area contributed by atoms with Crippen molar-refractivity contribution in [1.29, 1.82) is 0 Å². The Morgan fingerprint density at radius 2 is 2.05 bits per heavy atom. The Balaban J connectivity index is 1.90. The molecule has 0 bridgehead atoms. The van der Waals surface area contributed by atoms with E-state index >= 15 is 0 Å². The molecule has 1 aliphatic rings. The summed E-state index contributed by atoms with van der Waals surface area (Å²) in [4.78, 5) is 14.9. The Kier molecular flexibility index (Phi) is 3.48. The van der Waals surface area contributed by atoms with Crippen molar-refractivity contribution in [3.05, 3.63) is 35.0 Å². The molecule has 0 unspecified atom stereocenters. The smallest absolute Gasteiger partial charge is 0.264 e. The van der Waals surface area contributed by atoms with Crippen molar-refractivity contribution in [2.45, 2.75) is 26.1 Å². The van der Waals surface area contributed by atoms with Crippen LogP contribution >= 0.6 is 11.3 Å². The predicted molar refractivity (Wildman–Crippen MR) is 77.7 cm³/mol. The maximum absolute atomic E-state index is 13.7. The molecule has 1 fully saturated rings. The first kappa shape index (κ1) is 13.5. The molecule has 2 heterocycles. The lowest BCUT2D eigenvalue weighted by Gasteiger charge is -2.35. The quantitative estimate of drug-likeness (QED) is 0.807. The fourth-order valence-electron chi connectivity index (χ4n) is 2.63. The van der Waals surface area contributed by atoms with E-state index in [0.29, 0.717) is 23.4 Å². The van der Waals surface area contributed by atoms with E-state index in [-0.39, 0.29) is 23.9 Å². The van der Waals surface area contributed by atoms with Crippen LogP contribution in [0.3, 0.4) is 0 Å². The highest BCUT2D eigenvalue weighted by Gasteiger charge is 2.27. The van der Waals surface area contributed by atoms with Gasteiger partial charge in [0.2, 0.25) is 0 Å². The SMILES string of the molecule is C[C@@H]1CN(C(=O)c2cc3c(F)cccc3s2)C[C@@H](C)O1. The summed E-state index contributed by atoms with van der Waals surface area (Å²) < 4.78 is 20.1. The number of nitrogens with zero attached hydrogens (tertiary/aromatic N) is 1. The zero-order valence-electron chi connectivity index (χ0n) is 11.4. The summed E-state index contributed by atoms with van der Waals surface area (Å²) in [6.45, 7) is 5.08. The zero-order valence-corrected chi connectivity index (χ0v) is 12.2. The molecule has 3 rings (SSSR count). The minimum absolute atomic E-state index is 0.0346. The lowest BCUT2D eigenvalue weighted by molar-refractivity contribution is -0.0585. The van der Waals surface area contributed by atoms with Crippen LogP contribution in [0.25, 0.3) is 10.1 Å². The fraction of sp³-hybridized carbons (Fsp3) is 0.400. The molecule has 20 heavy (non-hydrogen) atoms. The number of ether oxygens (including phenoxy) is 1. The van der Waals surface area contributed by atoms with Gasteiger partial charge < -0.3 is 9.64 Å². The maximum Gasteiger partial charge on any atom is 0.264 e. The molecule has 0 N–H and O–H groups in total. The lowest BCUT2D eigenvalue weighted by atomic mass is 10.2. The Morgan fingerprint density at radius 1 is 1.35 bits per heavy atom. The van der Waals surface area contributed by atoms with Gasteiger partial charge in [-0.3, -0.25) is 4.79 Å². The van der Waals surface area contributed by atoms with Crippen LogP contribution in [0.2, 0.25) is 0 Å². The number of morpholine rings is 1. The summed E-state index contributed by atoms with van der Waals surface area (Å²) in [6.07, 6.45) is 0.0719. The second-order valence-corrected chi connectivity index (χ2v) is 6.31. The van der Waals surface area contributed by atoms with Gasteiger partial charge in [0.25, 0.3) is 5.91 Å². The van der Waals surface area contributed by atoms with Crippen LogP contribution in [-0.2, 0) is 4.74 Å². The molecular weight excluding hydrogens is 277 g/mol. The van der Waals surface area contributed by atoms with Crippen molar-refractivity contribution >= 4 is 27.3 Å². The van der Waals surface area contributed by atoms with E-state index in [1.54, 1.807) is 17.0 Å². The molecule has 106 valence electrons. The molecule has 1 aromatic heterocycles.